The SMILES string of the molecule is O=S(=O)(O)c1c(F)c(I)c2c(I)c(F)c(F)c(F)c2c1F. The van der Waals surface area contributed by atoms with Crippen molar-refractivity contribution < 1.29 is 34.9 Å². The van der Waals surface area contributed by atoms with Crippen LogP contribution in [0.25, 0.3) is 10.8 Å². The summed E-state index contributed by atoms with van der Waals surface area (Å²) in [6.07, 6.45) is 0. The normalized spacial score (nSPS) is 12.2. The third kappa shape index (κ3) is 2.50. The molecule has 0 saturated carbocycles. The molecular formula is C10HF5I2O3S. The second-order valence-electron chi connectivity index (χ2n) is 3.75. The first kappa shape index (κ1) is 17.1. The van der Waals surface area contributed by atoms with E-state index < -0.39 is 62.0 Å². The second kappa shape index (κ2) is 5.42. The van der Waals surface area contributed by atoms with E-state index in [1.807, 2.05) is 0 Å². The molecule has 2 aromatic rings. The zero-order valence-electron chi connectivity index (χ0n) is 9.32. The zero-order valence-corrected chi connectivity index (χ0v) is 14.4. The summed E-state index contributed by atoms with van der Waals surface area (Å²) in [5.41, 5.74) is 0. The van der Waals surface area contributed by atoms with Crippen molar-refractivity contribution in [1.29, 1.82) is 0 Å². The van der Waals surface area contributed by atoms with Crippen molar-refractivity contribution >= 4 is 66.1 Å². The molecule has 114 valence electrons. The van der Waals surface area contributed by atoms with Crippen molar-refractivity contribution in [2.45, 2.75) is 4.90 Å². The van der Waals surface area contributed by atoms with E-state index >= 15 is 0 Å². The van der Waals surface area contributed by atoms with E-state index in [9.17, 15) is 30.4 Å². The summed E-state index contributed by atoms with van der Waals surface area (Å²) in [5, 5.41) is -1.91. The van der Waals surface area contributed by atoms with Gasteiger partial charge in [0.25, 0.3) is 10.1 Å². The summed E-state index contributed by atoms with van der Waals surface area (Å²) in [7, 11) is -5.37. The lowest BCUT2D eigenvalue weighted by atomic mass is 10.1. The van der Waals surface area contributed by atoms with Crippen molar-refractivity contribution in [1.82, 2.24) is 0 Å². The van der Waals surface area contributed by atoms with Crippen LogP contribution in [0.15, 0.2) is 4.90 Å². The molecule has 0 saturated heterocycles. The molecule has 1 N–H and O–H groups in total. The summed E-state index contributed by atoms with van der Waals surface area (Å²) >= 11 is 2.38. The van der Waals surface area contributed by atoms with Crippen LogP contribution in [-0.2, 0) is 10.1 Å². The Bertz CT molecular complexity index is 898. The highest BCUT2D eigenvalue weighted by molar-refractivity contribution is 14.1. The monoisotopic (exact) mass is 550 g/mol. The summed E-state index contributed by atoms with van der Waals surface area (Å²) in [5.74, 6) is -9.44. The van der Waals surface area contributed by atoms with E-state index in [0.717, 1.165) is 0 Å². The molecule has 0 amide bonds. The summed E-state index contributed by atoms with van der Waals surface area (Å²) in [6, 6.07) is 0. The molecule has 0 spiro atoms. The maximum Gasteiger partial charge on any atom is 0.300 e. The molecule has 0 unspecified atom stereocenters. The third-order valence-electron chi connectivity index (χ3n) is 2.56. The highest BCUT2D eigenvalue weighted by atomic mass is 127. The lowest BCUT2D eigenvalue weighted by Crippen LogP contribution is -2.11. The first-order valence-corrected chi connectivity index (χ1v) is 8.39. The lowest BCUT2D eigenvalue weighted by Gasteiger charge is -2.12. The molecule has 2 aromatic carbocycles. The molecule has 0 aliphatic rings. The molecule has 3 nitrogen and oxygen atoms in total. The van der Waals surface area contributed by atoms with Crippen molar-refractivity contribution in [2.24, 2.45) is 0 Å². The van der Waals surface area contributed by atoms with Gasteiger partial charge in [0, 0.05) is 5.39 Å². The van der Waals surface area contributed by atoms with Crippen molar-refractivity contribution in [3.63, 3.8) is 0 Å². The van der Waals surface area contributed by atoms with E-state index in [2.05, 4.69) is 0 Å². The van der Waals surface area contributed by atoms with Crippen LogP contribution in [0.1, 0.15) is 0 Å². The van der Waals surface area contributed by atoms with Gasteiger partial charge in [0.1, 0.15) is 0 Å². The number of benzene rings is 2. The van der Waals surface area contributed by atoms with Gasteiger partial charge in [0.2, 0.25) is 0 Å². The molecule has 0 fully saturated rings. The molecule has 0 heterocycles. The Hall–Kier alpha value is -0.280. The maximum atomic E-state index is 14.0. The van der Waals surface area contributed by atoms with E-state index in [-0.39, 0.29) is 0 Å². The van der Waals surface area contributed by atoms with E-state index in [0.29, 0.717) is 0 Å². The topological polar surface area (TPSA) is 54.4 Å². The van der Waals surface area contributed by atoms with E-state index in [1.54, 1.807) is 0 Å². The van der Waals surface area contributed by atoms with Crippen LogP contribution in [0.4, 0.5) is 22.0 Å². The average Bonchev–Trinajstić information content (AvgIpc) is 2.36. The van der Waals surface area contributed by atoms with E-state index in [4.69, 9.17) is 4.55 Å². The number of hydrogen-bond acceptors (Lipinski definition) is 2. The van der Waals surface area contributed by atoms with Crippen LogP contribution in [0, 0.1) is 36.2 Å². The molecule has 0 aliphatic heterocycles. The summed E-state index contributed by atoms with van der Waals surface area (Å²) in [4.78, 5) is -1.82. The van der Waals surface area contributed by atoms with Gasteiger partial charge >= 0.3 is 0 Å². The predicted molar refractivity (Wildman–Crippen MR) is 79.0 cm³/mol. The Morgan fingerprint density at radius 2 is 1.19 bits per heavy atom. The fourth-order valence-electron chi connectivity index (χ4n) is 1.69. The first-order chi connectivity index (χ1) is 9.50. The van der Waals surface area contributed by atoms with Crippen LogP contribution >= 0.6 is 45.2 Å². The predicted octanol–water partition coefficient (Wildman–Crippen LogP) is 3.99. The minimum atomic E-state index is -5.37. The number of fused-ring (bicyclic) bond motifs is 1. The highest BCUT2D eigenvalue weighted by Crippen LogP contribution is 2.38. The zero-order chi connectivity index (χ0) is 16.3. The van der Waals surface area contributed by atoms with Gasteiger partial charge in [0.15, 0.2) is 34.0 Å². The fourth-order valence-corrected chi connectivity index (χ4v) is 4.63. The minimum absolute atomic E-state index is 0.620. The summed E-state index contributed by atoms with van der Waals surface area (Å²) < 4.78 is 98.0. The van der Waals surface area contributed by atoms with Gasteiger partial charge < -0.3 is 0 Å². The van der Waals surface area contributed by atoms with Crippen LogP contribution in [-0.4, -0.2) is 13.0 Å². The Morgan fingerprint density at radius 3 is 1.67 bits per heavy atom. The van der Waals surface area contributed by atoms with Crippen LogP contribution in [0.3, 0.4) is 0 Å². The van der Waals surface area contributed by atoms with Gasteiger partial charge in [0.05, 0.1) is 12.5 Å². The average molecular weight is 550 g/mol. The Morgan fingerprint density at radius 1 is 0.714 bits per heavy atom. The highest BCUT2D eigenvalue weighted by Gasteiger charge is 2.32. The molecule has 0 aromatic heterocycles. The quantitative estimate of drug-likeness (QED) is 0.192. The smallest absolute Gasteiger partial charge is 0.282 e. The molecule has 0 atom stereocenters. The molecule has 2 rings (SSSR count). The van der Waals surface area contributed by atoms with Gasteiger partial charge in [-0.2, -0.15) is 8.42 Å². The molecule has 11 heteroatoms. The Labute approximate surface area is 141 Å². The standard InChI is InChI=1S/C10HF5I2O3S/c11-3-1-2(8(16)6(14)5(3)13)9(17)7(15)10(4(1)12)21(18,19)20/h(H,18,19,20). The molecule has 21 heavy (non-hydrogen) atoms. The van der Waals surface area contributed by atoms with Crippen molar-refractivity contribution in [3.8, 4) is 0 Å². The van der Waals surface area contributed by atoms with Crippen LogP contribution in [0.2, 0.25) is 0 Å². The summed E-state index contributed by atoms with van der Waals surface area (Å²) in [6.45, 7) is 0. The molecule has 0 bridgehead atoms. The lowest BCUT2D eigenvalue weighted by molar-refractivity contribution is 0.441. The maximum absolute atomic E-state index is 14.0. The number of hydrogen-bond donors (Lipinski definition) is 1. The third-order valence-corrected chi connectivity index (χ3v) is 5.46. The largest absolute Gasteiger partial charge is 0.300 e. The minimum Gasteiger partial charge on any atom is -0.282 e. The van der Waals surface area contributed by atoms with Gasteiger partial charge in [-0.15, -0.1) is 0 Å². The fraction of sp³-hybridized carbons (Fsp3) is 0. The van der Waals surface area contributed by atoms with Gasteiger partial charge in [-0.05, 0) is 45.2 Å². The van der Waals surface area contributed by atoms with Crippen molar-refractivity contribution in [3.05, 3.63) is 36.2 Å². The number of rotatable bonds is 1. The molecule has 0 radical (unpaired) electrons. The van der Waals surface area contributed by atoms with Gasteiger partial charge in [-0.25, -0.2) is 22.0 Å². The number of halogens is 7. The van der Waals surface area contributed by atoms with Crippen LogP contribution in [0.5, 0.6) is 0 Å². The molecular weight excluding hydrogens is 549 g/mol. The Balaban J connectivity index is 3.27. The first-order valence-electron chi connectivity index (χ1n) is 4.79. The van der Waals surface area contributed by atoms with Gasteiger partial charge in [-0.1, -0.05) is 0 Å². The van der Waals surface area contributed by atoms with Gasteiger partial charge in [-0.3, -0.25) is 4.55 Å². The van der Waals surface area contributed by atoms with Crippen LogP contribution < -0.4 is 0 Å². The second-order valence-corrected chi connectivity index (χ2v) is 7.27. The van der Waals surface area contributed by atoms with E-state index in [1.165, 1.54) is 45.2 Å². The Kier molecular flexibility index (Phi) is 4.41. The van der Waals surface area contributed by atoms with Crippen molar-refractivity contribution in [2.75, 3.05) is 0 Å². The molecule has 0 aliphatic carbocycles.